The minimum Gasteiger partial charge on any atom is -0.466 e. The summed E-state index contributed by atoms with van der Waals surface area (Å²) >= 11 is 0. The van der Waals surface area contributed by atoms with Gasteiger partial charge in [-0.25, -0.2) is 13.1 Å². The molecule has 1 unspecified atom stereocenters. The highest BCUT2D eigenvalue weighted by Gasteiger charge is 2.19. The molecule has 0 saturated heterocycles. The van der Waals surface area contributed by atoms with Crippen molar-refractivity contribution in [1.82, 2.24) is 4.72 Å². The van der Waals surface area contributed by atoms with Gasteiger partial charge in [0.15, 0.2) is 0 Å². The van der Waals surface area contributed by atoms with Gasteiger partial charge in [-0.1, -0.05) is 18.2 Å². The third-order valence-corrected chi connectivity index (χ3v) is 3.79. The lowest BCUT2D eigenvalue weighted by Gasteiger charge is -2.13. The van der Waals surface area contributed by atoms with Crippen LogP contribution in [0.4, 0.5) is 0 Å². The Labute approximate surface area is 107 Å². The second kappa shape index (κ2) is 6.51. The summed E-state index contributed by atoms with van der Waals surface area (Å²) in [6.07, 6.45) is 0.0138. The van der Waals surface area contributed by atoms with Crippen molar-refractivity contribution in [2.24, 2.45) is 0 Å². The first-order valence-electron chi connectivity index (χ1n) is 5.68. The minimum atomic E-state index is -3.58. The number of hydrogen-bond acceptors (Lipinski definition) is 4. The molecule has 0 aromatic heterocycles. The lowest BCUT2D eigenvalue weighted by atomic mass is 10.3. The first-order chi connectivity index (χ1) is 8.45. The molecule has 1 aromatic rings. The molecule has 0 bridgehead atoms. The molecule has 1 N–H and O–H groups in total. The van der Waals surface area contributed by atoms with E-state index in [0.717, 1.165) is 0 Å². The Bertz CT molecular complexity index is 484. The number of hydrogen-bond donors (Lipinski definition) is 1. The standard InChI is InChI=1S/C12H17NO4S/c1-3-17-12(14)9-10(2)13-18(15,16)11-7-5-4-6-8-11/h4-8,10,13H,3,9H2,1-2H3. The quantitative estimate of drug-likeness (QED) is 0.792. The fourth-order valence-electron chi connectivity index (χ4n) is 1.44. The van der Waals surface area contributed by atoms with Crippen LogP contribution in [-0.2, 0) is 19.6 Å². The highest BCUT2D eigenvalue weighted by Crippen LogP contribution is 2.09. The number of benzene rings is 1. The molecule has 1 atom stereocenters. The lowest BCUT2D eigenvalue weighted by Crippen LogP contribution is -2.34. The van der Waals surface area contributed by atoms with Crippen molar-refractivity contribution in [2.75, 3.05) is 6.61 Å². The van der Waals surface area contributed by atoms with Crippen LogP contribution in [0.3, 0.4) is 0 Å². The van der Waals surface area contributed by atoms with Crippen LogP contribution in [0.15, 0.2) is 35.2 Å². The average Bonchev–Trinajstić information content (AvgIpc) is 2.29. The molecule has 0 spiro atoms. The maximum Gasteiger partial charge on any atom is 0.307 e. The summed E-state index contributed by atoms with van der Waals surface area (Å²) in [6, 6.07) is 7.52. The summed E-state index contributed by atoms with van der Waals surface area (Å²) < 4.78 is 31.0. The smallest absolute Gasteiger partial charge is 0.307 e. The lowest BCUT2D eigenvalue weighted by molar-refractivity contribution is -0.143. The monoisotopic (exact) mass is 271 g/mol. The van der Waals surface area contributed by atoms with Gasteiger partial charge in [0.1, 0.15) is 0 Å². The van der Waals surface area contributed by atoms with Gasteiger partial charge in [-0.2, -0.15) is 0 Å². The van der Waals surface area contributed by atoms with Crippen LogP contribution < -0.4 is 4.72 Å². The third-order valence-electron chi connectivity index (χ3n) is 2.19. The Morgan fingerprint density at radius 2 is 1.94 bits per heavy atom. The van der Waals surface area contributed by atoms with Gasteiger partial charge in [-0.15, -0.1) is 0 Å². The van der Waals surface area contributed by atoms with Gasteiger partial charge in [0.25, 0.3) is 0 Å². The normalized spacial score (nSPS) is 13.0. The molecular formula is C12H17NO4S. The maximum atomic E-state index is 11.9. The zero-order chi connectivity index (χ0) is 13.6. The van der Waals surface area contributed by atoms with Crippen LogP contribution in [-0.4, -0.2) is 27.0 Å². The second-order valence-electron chi connectivity index (χ2n) is 3.84. The number of carbonyl (C=O) groups is 1. The Morgan fingerprint density at radius 3 is 2.50 bits per heavy atom. The molecule has 0 aliphatic rings. The number of sulfonamides is 1. The van der Waals surface area contributed by atoms with E-state index in [1.807, 2.05) is 0 Å². The van der Waals surface area contributed by atoms with Gasteiger partial charge in [-0.05, 0) is 26.0 Å². The van der Waals surface area contributed by atoms with E-state index in [4.69, 9.17) is 4.74 Å². The number of carbonyl (C=O) groups excluding carboxylic acids is 1. The number of nitrogens with one attached hydrogen (secondary N) is 1. The Kier molecular flexibility index (Phi) is 5.30. The first-order valence-corrected chi connectivity index (χ1v) is 7.17. The van der Waals surface area contributed by atoms with Gasteiger partial charge < -0.3 is 4.74 Å². The predicted molar refractivity (Wildman–Crippen MR) is 67.5 cm³/mol. The summed E-state index contributed by atoms with van der Waals surface area (Å²) in [5.41, 5.74) is 0. The van der Waals surface area contributed by atoms with Gasteiger partial charge in [0, 0.05) is 6.04 Å². The number of rotatable bonds is 6. The summed E-state index contributed by atoms with van der Waals surface area (Å²) in [7, 11) is -3.58. The largest absolute Gasteiger partial charge is 0.466 e. The number of esters is 1. The number of ether oxygens (including phenoxy) is 1. The molecule has 0 fully saturated rings. The molecule has 6 heteroatoms. The molecule has 1 aromatic carbocycles. The molecule has 100 valence electrons. The summed E-state index contributed by atoms with van der Waals surface area (Å²) in [6.45, 7) is 3.62. The third kappa shape index (κ3) is 4.46. The van der Waals surface area contributed by atoms with Crippen LogP contribution in [0.2, 0.25) is 0 Å². The molecule has 0 heterocycles. The van der Waals surface area contributed by atoms with E-state index in [2.05, 4.69) is 4.72 Å². The predicted octanol–water partition coefficient (Wildman–Crippen LogP) is 1.31. The van der Waals surface area contributed by atoms with E-state index in [1.165, 1.54) is 12.1 Å². The Hall–Kier alpha value is -1.40. The van der Waals surface area contributed by atoms with Gasteiger partial charge in [0.05, 0.1) is 17.9 Å². The van der Waals surface area contributed by atoms with E-state index in [9.17, 15) is 13.2 Å². The van der Waals surface area contributed by atoms with E-state index >= 15 is 0 Å². The van der Waals surface area contributed by atoms with Crippen LogP contribution in [0.25, 0.3) is 0 Å². The molecule has 1 rings (SSSR count). The van der Waals surface area contributed by atoms with Crippen molar-refractivity contribution in [2.45, 2.75) is 31.2 Å². The van der Waals surface area contributed by atoms with Crippen molar-refractivity contribution in [3.8, 4) is 0 Å². The van der Waals surface area contributed by atoms with Crippen LogP contribution >= 0.6 is 0 Å². The van der Waals surface area contributed by atoms with E-state index in [1.54, 1.807) is 32.0 Å². The van der Waals surface area contributed by atoms with E-state index < -0.39 is 22.0 Å². The van der Waals surface area contributed by atoms with Crippen molar-refractivity contribution in [3.63, 3.8) is 0 Å². The molecule has 0 saturated carbocycles. The summed E-state index contributed by atoms with van der Waals surface area (Å²) in [5, 5.41) is 0. The molecule has 0 aliphatic heterocycles. The van der Waals surface area contributed by atoms with Gasteiger partial charge in [0.2, 0.25) is 10.0 Å². The van der Waals surface area contributed by atoms with E-state index in [0.29, 0.717) is 0 Å². The van der Waals surface area contributed by atoms with Crippen molar-refractivity contribution in [3.05, 3.63) is 30.3 Å². The molecule has 0 radical (unpaired) electrons. The van der Waals surface area contributed by atoms with Crippen LogP contribution in [0.5, 0.6) is 0 Å². The highest BCUT2D eigenvalue weighted by atomic mass is 32.2. The van der Waals surface area contributed by atoms with Crippen molar-refractivity contribution >= 4 is 16.0 Å². The first kappa shape index (κ1) is 14.7. The molecule has 0 aliphatic carbocycles. The van der Waals surface area contributed by atoms with E-state index in [-0.39, 0.29) is 17.9 Å². The summed E-state index contributed by atoms with van der Waals surface area (Å²) in [5.74, 6) is -0.416. The maximum absolute atomic E-state index is 11.9. The zero-order valence-electron chi connectivity index (χ0n) is 10.4. The zero-order valence-corrected chi connectivity index (χ0v) is 11.2. The van der Waals surface area contributed by atoms with Crippen LogP contribution in [0, 0.1) is 0 Å². The summed E-state index contributed by atoms with van der Waals surface area (Å²) in [4.78, 5) is 11.4. The molecule has 18 heavy (non-hydrogen) atoms. The molecule has 0 amide bonds. The average molecular weight is 271 g/mol. The fourth-order valence-corrected chi connectivity index (χ4v) is 2.71. The Balaban J connectivity index is 2.64. The van der Waals surface area contributed by atoms with Gasteiger partial charge >= 0.3 is 5.97 Å². The second-order valence-corrected chi connectivity index (χ2v) is 5.56. The van der Waals surface area contributed by atoms with Crippen molar-refractivity contribution < 1.29 is 17.9 Å². The minimum absolute atomic E-state index is 0.0138. The van der Waals surface area contributed by atoms with Crippen LogP contribution in [0.1, 0.15) is 20.3 Å². The fraction of sp³-hybridized carbons (Fsp3) is 0.417. The molecular weight excluding hydrogens is 254 g/mol. The van der Waals surface area contributed by atoms with Gasteiger partial charge in [-0.3, -0.25) is 4.79 Å². The Morgan fingerprint density at radius 1 is 1.33 bits per heavy atom. The topological polar surface area (TPSA) is 72.5 Å². The molecule has 5 nitrogen and oxygen atoms in total. The highest BCUT2D eigenvalue weighted by molar-refractivity contribution is 7.89. The SMILES string of the molecule is CCOC(=O)CC(C)NS(=O)(=O)c1ccccc1. The van der Waals surface area contributed by atoms with Crippen molar-refractivity contribution in [1.29, 1.82) is 0 Å².